The highest BCUT2D eigenvalue weighted by Crippen LogP contribution is 2.25. The molecule has 0 aliphatic heterocycles. The first-order valence-electron chi connectivity index (χ1n) is 11.1. The molecule has 0 fully saturated rings. The lowest BCUT2D eigenvalue weighted by atomic mass is 10.1. The van der Waals surface area contributed by atoms with E-state index in [2.05, 4.69) is 11.4 Å². The molecule has 29 heavy (non-hydrogen) atoms. The van der Waals surface area contributed by atoms with Crippen molar-refractivity contribution >= 4 is 16.5 Å². The number of unbranched alkanes of at least 4 members (excludes halogenated alkanes) is 11. The zero-order chi connectivity index (χ0) is 21.7. The largest absolute Gasteiger partial charge is 0.697 e. The monoisotopic (exact) mass is 455 g/mol. The van der Waals surface area contributed by atoms with Gasteiger partial charge in [0.15, 0.2) is 0 Å². The standard InChI is InChI=1S/C20H41O7P2/c1-4-5-6-7-8-9-10-11-12-13-14-15-16-24-29(23)26-18-20(3)27-19(2)17-25-28(21)22/h19-20H,4-18H2,1-3H3/q+1. The highest BCUT2D eigenvalue weighted by molar-refractivity contribution is 7.33. The quantitative estimate of drug-likeness (QED) is 0.142. The zero-order valence-corrected chi connectivity index (χ0v) is 20.3. The predicted molar refractivity (Wildman–Crippen MR) is 114 cm³/mol. The van der Waals surface area contributed by atoms with Crippen LogP contribution in [0.3, 0.4) is 0 Å². The summed E-state index contributed by atoms with van der Waals surface area (Å²) in [6.07, 6.45) is 14.5. The van der Waals surface area contributed by atoms with Crippen molar-refractivity contribution in [2.24, 2.45) is 0 Å². The normalized spacial score (nSPS) is 14.6. The number of ether oxygens (including phenoxy) is 1. The third-order valence-corrected chi connectivity index (χ3v) is 5.60. The summed E-state index contributed by atoms with van der Waals surface area (Å²) >= 11 is 0. The SMILES string of the molecule is CCCCCCCCCCCCCCO[P+](=O)OCC(C)OC(C)CO[P+](=O)[O-]. The fourth-order valence-corrected chi connectivity index (χ4v) is 3.94. The minimum absolute atomic E-state index is 0.0510. The summed E-state index contributed by atoms with van der Waals surface area (Å²) in [5, 5.41) is 0. The molecule has 172 valence electrons. The Balaban J connectivity index is 3.40. The molecule has 7 nitrogen and oxygen atoms in total. The fraction of sp³-hybridized carbons (Fsp3) is 1.00. The zero-order valence-electron chi connectivity index (χ0n) is 18.5. The molecule has 0 saturated carbocycles. The number of rotatable bonds is 22. The van der Waals surface area contributed by atoms with E-state index in [1.54, 1.807) is 13.8 Å². The van der Waals surface area contributed by atoms with Gasteiger partial charge in [0.2, 0.25) is 0 Å². The first-order valence-corrected chi connectivity index (χ1v) is 13.3. The van der Waals surface area contributed by atoms with Crippen LogP contribution in [0.4, 0.5) is 0 Å². The van der Waals surface area contributed by atoms with E-state index >= 15 is 0 Å². The van der Waals surface area contributed by atoms with Crippen molar-refractivity contribution in [3.63, 3.8) is 0 Å². The Morgan fingerprint density at radius 1 is 0.690 bits per heavy atom. The van der Waals surface area contributed by atoms with Crippen molar-refractivity contribution in [2.45, 2.75) is 110 Å². The summed E-state index contributed by atoms with van der Waals surface area (Å²) in [5.41, 5.74) is 0. The molecular weight excluding hydrogens is 414 g/mol. The van der Waals surface area contributed by atoms with Crippen LogP contribution in [0.1, 0.15) is 97.8 Å². The summed E-state index contributed by atoms with van der Waals surface area (Å²) in [5.74, 6) is 0. The highest BCUT2D eigenvalue weighted by Gasteiger charge is 2.23. The molecule has 0 aliphatic rings. The smallest absolute Gasteiger partial charge is 0.566 e. The molecule has 0 bridgehead atoms. The van der Waals surface area contributed by atoms with Gasteiger partial charge in [-0.2, -0.15) is 0 Å². The van der Waals surface area contributed by atoms with Gasteiger partial charge < -0.3 is 9.63 Å². The molecule has 0 radical (unpaired) electrons. The van der Waals surface area contributed by atoms with Crippen LogP contribution in [0.25, 0.3) is 0 Å². The first-order chi connectivity index (χ1) is 14.0. The number of hydrogen-bond donors (Lipinski definition) is 0. The van der Waals surface area contributed by atoms with Crippen molar-refractivity contribution in [3.05, 3.63) is 0 Å². The van der Waals surface area contributed by atoms with E-state index in [0.717, 1.165) is 12.8 Å². The first kappa shape index (κ1) is 29.0. The van der Waals surface area contributed by atoms with Crippen LogP contribution in [0.5, 0.6) is 0 Å². The molecule has 0 amide bonds. The van der Waals surface area contributed by atoms with E-state index in [4.69, 9.17) is 13.8 Å². The van der Waals surface area contributed by atoms with E-state index in [9.17, 15) is 14.0 Å². The molecule has 0 rings (SSSR count). The predicted octanol–water partition coefficient (Wildman–Crippen LogP) is 6.21. The average Bonchev–Trinajstić information content (AvgIpc) is 2.68. The van der Waals surface area contributed by atoms with Crippen molar-refractivity contribution in [2.75, 3.05) is 19.8 Å². The van der Waals surface area contributed by atoms with Gasteiger partial charge in [0.05, 0.1) is 12.2 Å². The van der Waals surface area contributed by atoms with Crippen LogP contribution in [-0.2, 0) is 27.4 Å². The minimum Gasteiger partial charge on any atom is -0.566 e. The molecule has 0 aromatic carbocycles. The maximum atomic E-state index is 11.7. The summed E-state index contributed by atoms with van der Waals surface area (Å²) in [7, 11) is -5.03. The number of hydrogen-bond acceptors (Lipinski definition) is 7. The molecular formula is C20H41O7P2+. The van der Waals surface area contributed by atoms with E-state index < -0.39 is 22.6 Å². The highest BCUT2D eigenvalue weighted by atomic mass is 31.1. The van der Waals surface area contributed by atoms with Gasteiger partial charge in [0, 0.05) is 4.57 Å². The summed E-state index contributed by atoms with van der Waals surface area (Å²) in [6.45, 7) is 6.19. The molecule has 0 aromatic heterocycles. The third-order valence-electron chi connectivity index (χ3n) is 4.49. The van der Waals surface area contributed by atoms with Crippen LogP contribution in [0.15, 0.2) is 0 Å². The Kier molecular flexibility index (Phi) is 21.2. The van der Waals surface area contributed by atoms with Crippen LogP contribution < -0.4 is 4.89 Å². The van der Waals surface area contributed by atoms with Gasteiger partial charge in [0.1, 0.15) is 19.8 Å². The van der Waals surface area contributed by atoms with Crippen molar-refractivity contribution in [3.8, 4) is 0 Å². The molecule has 0 aromatic rings. The maximum Gasteiger partial charge on any atom is 0.697 e. The molecule has 0 heterocycles. The summed E-state index contributed by atoms with van der Waals surface area (Å²) in [6, 6.07) is 0. The average molecular weight is 455 g/mol. The second-order valence-corrected chi connectivity index (χ2v) is 9.19. The van der Waals surface area contributed by atoms with Gasteiger partial charge in [-0.1, -0.05) is 77.6 Å². The second-order valence-electron chi connectivity index (χ2n) is 7.52. The van der Waals surface area contributed by atoms with Gasteiger partial charge in [-0.15, -0.1) is 13.6 Å². The van der Waals surface area contributed by atoms with Gasteiger partial charge in [0.25, 0.3) is 0 Å². The lowest BCUT2D eigenvalue weighted by Gasteiger charge is -2.14. The summed E-state index contributed by atoms with van der Waals surface area (Å²) in [4.78, 5) is 10.3. The second kappa shape index (κ2) is 21.2. The van der Waals surface area contributed by atoms with Gasteiger partial charge in [-0.05, 0) is 24.8 Å². The topological polar surface area (TPSA) is 94.1 Å². The van der Waals surface area contributed by atoms with Crippen molar-refractivity contribution in [1.82, 2.24) is 0 Å². The minimum atomic E-state index is -2.87. The lowest BCUT2D eigenvalue weighted by molar-refractivity contribution is -0.188. The third kappa shape index (κ3) is 22.5. The van der Waals surface area contributed by atoms with Crippen molar-refractivity contribution < 1.29 is 32.3 Å². The molecule has 9 heteroatoms. The Morgan fingerprint density at radius 2 is 1.14 bits per heavy atom. The van der Waals surface area contributed by atoms with Gasteiger partial charge >= 0.3 is 16.5 Å². The molecule has 4 unspecified atom stereocenters. The molecule has 0 spiro atoms. The van der Waals surface area contributed by atoms with E-state index in [1.807, 2.05) is 0 Å². The van der Waals surface area contributed by atoms with Crippen LogP contribution in [0, 0.1) is 0 Å². The Bertz CT molecular complexity index is 410. The van der Waals surface area contributed by atoms with Gasteiger partial charge in [-0.3, -0.25) is 0 Å². The van der Waals surface area contributed by atoms with Crippen LogP contribution in [0.2, 0.25) is 0 Å². The van der Waals surface area contributed by atoms with E-state index in [-0.39, 0.29) is 19.3 Å². The lowest BCUT2D eigenvalue weighted by Crippen LogP contribution is -2.24. The molecule has 0 aliphatic carbocycles. The Hall–Kier alpha value is -0.0000000000000000208. The Labute approximate surface area is 179 Å². The van der Waals surface area contributed by atoms with Crippen LogP contribution in [-0.4, -0.2) is 32.0 Å². The van der Waals surface area contributed by atoms with Crippen LogP contribution >= 0.6 is 16.5 Å². The fourth-order valence-electron chi connectivity index (χ4n) is 2.93. The van der Waals surface area contributed by atoms with E-state index in [1.165, 1.54) is 64.2 Å². The van der Waals surface area contributed by atoms with Crippen molar-refractivity contribution in [1.29, 1.82) is 0 Å². The molecule has 0 saturated heterocycles. The van der Waals surface area contributed by atoms with E-state index in [0.29, 0.717) is 6.61 Å². The molecule has 0 N–H and O–H groups in total. The summed E-state index contributed by atoms with van der Waals surface area (Å²) < 4.78 is 42.3. The maximum absolute atomic E-state index is 11.7. The Morgan fingerprint density at radius 3 is 1.62 bits per heavy atom. The molecule has 4 atom stereocenters. The van der Waals surface area contributed by atoms with Gasteiger partial charge in [-0.25, -0.2) is 0 Å².